The number of sulfonamides is 1. The summed E-state index contributed by atoms with van der Waals surface area (Å²) in [5, 5.41) is 10.1. The highest BCUT2D eigenvalue weighted by Gasteiger charge is 2.27. The van der Waals surface area contributed by atoms with Crippen molar-refractivity contribution in [1.82, 2.24) is 4.72 Å². The van der Waals surface area contributed by atoms with Gasteiger partial charge in [0.1, 0.15) is 14.9 Å². The van der Waals surface area contributed by atoms with Gasteiger partial charge >= 0.3 is 5.69 Å². The van der Waals surface area contributed by atoms with Crippen LogP contribution in [-0.2, 0) is 10.0 Å². The van der Waals surface area contributed by atoms with E-state index < -0.39 is 25.7 Å². The third kappa shape index (κ3) is 3.11. The van der Waals surface area contributed by atoms with Crippen molar-refractivity contribution in [3.8, 4) is 0 Å². The van der Waals surface area contributed by atoms with E-state index in [2.05, 4.69) is 4.72 Å². The molecule has 0 atom stereocenters. The molecule has 0 aromatic heterocycles. The lowest BCUT2D eigenvalue weighted by molar-refractivity contribution is -0.384. The molecule has 0 aliphatic rings. The van der Waals surface area contributed by atoms with Gasteiger partial charge in [0.05, 0.1) is 4.92 Å². The predicted molar refractivity (Wildman–Crippen MR) is 68.6 cm³/mol. The van der Waals surface area contributed by atoms with E-state index in [-0.39, 0.29) is 16.5 Å². The normalized spacial score (nSPS) is 11.5. The Kier molecular flexibility index (Phi) is 4.92. The van der Waals surface area contributed by atoms with Crippen LogP contribution in [0.3, 0.4) is 0 Å². The van der Waals surface area contributed by atoms with Gasteiger partial charge in [-0.15, -0.1) is 0 Å². The van der Waals surface area contributed by atoms with Crippen molar-refractivity contribution in [2.75, 3.05) is 6.54 Å². The molecular weight excluding hydrogens is 303 g/mol. The molecule has 18 heavy (non-hydrogen) atoms. The smallest absolute Gasteiger partial charge is 0.258 e. The second-order valence-electron chi connectivity index (χ2n) is 3.36. The molecule has 0 saturated carbocycles. The van der Waals surface area contributed by atoms with Crippen LogP contribution < -0.4 is 4.72 Å². The fraction of sp³-hybridized carbons (Fsp3) is 0.333. The number of nitrogens with zero attached hydrogens (tertiary/aromatic N) is 1. The van der Waals surface area contributed by atoms with Crippen LogP contribution in [-0.4, -0.2) is 19.9 Å². The lowest BCUT2D eigenvalue weighted by atomic mass is 10.3. The van der Waals surface area contributed by atoms with Gasteiger partial charge in [-0.3, -0.25) is 10.1 Å². The molecule has 100 valence electrons. The van der Waals surface area contributed by atoms with E-state index >= 15 is 0 Å². The first-order valence-corrected chi connectivity index (χ1v) is 7.17. The summed E-state index contributed by atoms with van der Waals surface area (Å²) in [4.78, 5) is 9.59. The van der Waals surface area contributed by atoms with Crippen LogP contribution >= 0.6 is 23.2 Å². The third-order valence-electron chi connectivity index (χ3n) is 2.05. The molecule has 0 aliphatic heterocycles. The van der Waals surface area contributed by atoms with Crippen molar-refractivity contribution in [2.45, 2.75) is 18.2 Å². The standard InChI is InChI=1S/C9H10Cl2N2O4S/c1-2-5-12-18(16,17)7-4-3-6(10)9(8(7)11)13(14)15/h3-4,12H,2,5H2,1H3. The van der Waals surface area contributed by atoms with E-state index in [0.29, 0.717) is 6.42 Å². The van der Waals surface area contributed by atoms with Crippen LogP contribution in [0, 0.1) is 10.1 Å². The summed E-state index contributed by atoms with van der Waals surface area (Å²) in [6.07, 6.45) is 0.590. The van der Waals surface area contributed by atoms with Gasteiger partial charge in [0.25, 0.3) is 0 Å². The Morgan fingerprint density at radius 2 is 2.00 bits per heavy atom. The molecule has 1 aromatic rings. The van der Waals surface area contributed by atoms with Crippen molar-refractivity contribution >= 4 is 38.9 Å². The zero-order valence-electron chi connectivity index (χ0n) is 9.31. The molecule has 0 radical (unpaired) electrons. The Morgan fingerprint density at radius 3 is 2.50 bits per heavy atom. The molecule has 0 amide bonds. The highest BCUT2D eigenvalue weighted by Crippen LogP contribution is 2.36. The Balaban J connectivity index is 3.36. The molecule has 0 saturated heterocycles. The van der Waals surface area contributed by atoms with Crippen LogP contribution in [0.4, 0.5) is 5.69 Å². The zero-order valence-corrected chi connectivity index (χ0v) is 11.6. The maximum absolute atomic E-state index is 11.8. The minimum atomic E-state index is -3.87. The Labute approximate surface area is 114 Å². The average molecular weight is 313 g/mol. The first-order valence-electron chi connectivity index (χ1n) is 4.93. The molecule has 0 heterocycles. The molecule has 0 spiro atoms. The van der Waals surface area contributed by atoms with Crippen molar-refractivity contribution in [3.05, 3.63) is 32.3 Å². The van der Waals surface area contributed by atoms with Crippen LogP contribution in [0.5, 0.6) is 0 Å². The van der Waals surface area contributed by atoms with Crippen molar-refractivity contribution < 1.29 is 13.3 Å². The number of nitro benzene ring substituents is 1. The second-order valence-corrected chi connectivity index (χ2v) is 5.88. The molecule has 6 nitrogen and oxygen atoms in total. The minimum Gasteiger partial charge on any atom is -0.258 e. The maximum atomic E-state index is 11.8. The number of hydrogen-bond acceptors (Lipinski definition) is 4. The average Bonchev–Trinajstić information content (AvgIpc) is 2.25. The summed E-state index contributed by atoms with van der Waals surface area (Å²) in [6.45, 7) is 2.00. The molecular formula is C9H10Cl2N2O4S. The van der Waals surface area contributed by atoms with E-state index in [9.17, 15) is 18.5 Å². The molecule has 0 unspecified atom stereocenters. The number of benzene rings is 1. The molecule has 0 fully saturated rings. The SMILES string of the molecule is CCCNS(=O)(=O)c1ccc(Cl)c([N+](=O)[O-])c1Cl. The number of nitrogens with one attached hydrogen (secondary N) is 1. The minimum absolute atomic E-state index is 0.209. The van der Waals surface area contributed by atoms with Gasteiger partial charge in [-0.25, -0.2) is 13.1 Å². The van der Waals surface area contributed by atoms with Gasteiger partial charge in [-0.05, 0) is 18.6 Å². The number of nitro groups is 1. The highest BCUT2D eigenvalue weighted by atomic mass is 35.5. The highest BCUT2D eigenvalue weighted by molar-refractivity contribution is 7.89. The van der Waals surface area contributed by atoms with Gasteiger partial charge in [0.15, 0.2) is 0 Å². The fourth-order valence-corrected chi connectivity index (χ4v) is 3.23. The molecule has 9 heteroatoms. The number of halogens is 2. The van der Waals surface area contributed by atoms with E-state index in [1.54, 1.807) is 6.92 Å². The van der Waals surface area contributed by atoms with E-state index in [1.165, 1.54) is 0 Å². The molecule has 1 rings (SSSR count). The monoisotopic (exact) mass is 312 g/mol. The first-order chi connectivity index (χ1) is 8.31. The van der Waals surface area contributed by atoms with E-state index in [1.807, 2.05) is 0 Å². The molecule has 0 aliphatic carbocycles. The summed E-state index contributed by atoms with van der Waals surface area (Å²) in [6, 6.07) is 2.27. The van der Waals surface area contributed by atoms with Crippen LogP contribution in [0.2, 0.25) is 10.0 Å². The van der Waals surface area contributed by atoms with Crippen LogP contribution in [0.1, 0.15) is 13.3 Å². The topological polar surface area (TPSA) is 89.3 Å². The summed E-state index contributed by atoms with van der Waals surface area (Å²) >= 11 is 11.3. The Hall–Kier alpha value is -0.890. The van der Waals surface area contributed by atoms with Crippen LogP contribution in [0.25, 0.3) is 0 Å². The van der Waals surface area contributed by atoms with Crippen molar-refractivity contribution in [3.63, 3.8) is 0 Å². The third-order valence-corrected chi connectivity index (χ3v) is 4.35. The van der Waals surface area contributed by atoms with Gasteiger partial charge in [0.2, 0.25) is 10.0 Å². The number of hydrogen-bond donors (Lipinski definition) is 1. The first kappa shape index (κ1) is 15.2. The molecule has 1 N–H and O–H groups in total. The van der Waals surface area contributed by atoms with Crippen molar-refractivity contribution in [1.29, 1.82) is 0 Å². The summed E-state index contributed by atoms with van der Waals surface area (Å²) < 4.78 is 25.9. The lowest BCUT2D eigenvalue weighted by Gasteiger charge is -2.08. The second kappa shape index (κ2) is 5.83. The number of rotatable bonds is 5. The summed E-state index contributed by atoms with van der Waals surface area (Å²) in [5.41, 5.74) is -0.613. The summed E-state index contributed by atoms with van der Waals surface area (Å²) in [7, 11) is -3.87. The largest absolute Gasteiger partial charge is 0.307 e. The van der Waals surface area contributed by atoms with E-state index in [0.717, 1.165) is 12.1 Å². The van der Waals surface area contributed by atoms with E-state index in [4.69, 9.17) is 23.2 Å². The van der Waals surface area contributed by atoms with Gasteiger partial charge in [-0.2, -0.15) is 0 Å². The maximum Gasteiger partial charge on any atom is 0.307 e. The Morgan fingerprint density at radius 1 is 1.39 bits per heavy atom. The summed E-state index contributed by atoms with van der Waals surface area (Å²) in [5.74, 6) is 0. The van der Waals surface area contributed by atoms with Gasteiger partial charge < -0.3 is 0 Å². The lowest BCUT2D eigenvalue weighted by Crippen LogP contribution is -2.24. The zero-order chi connectivity index (χ0) is 13.9. The molecule has 0 bridgehead atoms. The predicted octanol–water partition coefficient (Wildman–Crippen LogP) is 2.59. The van der Waals surface area contributed by atoms with Crippen molar-refractivity contribution in [2.24, 2.45) is 0 Å². The molecule has 1 aromatic carbocycles. The van der Waals surface area contributed by atoms with Gasteiger partial charge in [0, 0.05) is 6.54 Å². The Bertz CT molecular complexity index is 574. The van der Waals surface area contributed by atoms with Gasteiger partial charge in [-0.1, -0.05) is 30.1 Å². The fourth-order valence-electron chi connectivity index (χ4n) is 1.21. The van der Waals surface area contributed by atoms with Crippen LogP contribution in [0.15, 0.2) is 17.0 Å². The quantitative estimate of drug-likeness (QED) is 0.668.